The predicted molar refractivity (Wildman–Crippen MR) is 147 cm³/mol. The number of oxazole rings is 1. The van der Waals surface area contributed by atoms with Crippen LogP contribution >= 0.6 is 0 Å². The molecule has 5 rings (SSSR count). The first kappa shape index (κ1) is 26.7. The number of piperidine rings is 1. The number of carbonyl (C=O) groups is 1. The van der Waals surface area contributed by atoms with Crippen molar-refractivity contribution in [2.45, 2.75) is 44.8 Å². The molecule has 1 atom stereocenters. The number of carboxylic acids is 1. The van der Waals surface area contributed by atoms with Crippen molar-refractivity contribution in [3.63, 3.8) is 0 Å². The molecule has 2 N–H and O–H groups in total. The lowest BCUT2D eigenvalue weighted by atomic mass is 9.86. The number of alkyl halides is 1. The van der Waals surface area contributed by atoms with Gasteiger partial charge >= 0.3 is 5.97 Å². The molecular formula is C30H34FN3O5. The topological polar surface area (TPSA) is 97.1 Å². The lowest BCUT2D eigenvalue weighted by molar-refractivity contribution is 0.0696. The van der Waals surface area contributed by atoms with Gasteiger partial charge in [0.15, 0.2) is 11.3 Å². The lowest BCUT2D eigenvalue weighted by Crippen LogP contribution is -2.46. The van der Waals surface area contributed by atoms with Crippen LogP contribution in [0.3, 0.4) is 0 Å². The van der Waals surface area contributed by atoms with Gasteiger partial charge in [-0.05, 0) is 56.5 Å². The number of likely N-dealkylation sites (tertiary alicyclic amines) is 1. The smallest absolute Gasteiger partial charge is 0.335 e. The van der Waals surface area contributed by atoms with E-state index in [9.17, 15) is 9.90 Å². The largest absolute Gasteiger partial charge is 0.497 e. The zero-order chi connectivity index (χ0) is 27.4. The summed E-state index contributed by atoms with van der Waals surface area (Å²) in [6.07, 6.45) is 3.37. The molecule has 9 heteroatoms. The van der Waals surface area contributed by atoms with Gasteiger partial charge in [0.25, 0.3) is 6.01 Å². The Labute approximate surface area is 227 Å². The number of nitrogens with zero attached hydrogens (tertiary/aromatic N) is 2. The molecule has 1 fully saturated rings. The van der Waals surface area contributed by atoms with Crippen molar-refractivity contribution in [3.8, 4) is 0 Å². The maximum Gasteiger partial charge on any atom is 0.335 e. The summed E-state index contributed by atoms with van der Waals surface area (Å²) in [5, 5.41) is 12.5. The molecule has 0 spiro atoms. The number of benzene rings is 2. The highest BCUT2D eigenvalue weighted by Crippen LogP contribution is 2.41. The molecule has 0 amide bonds. The Bertz CT molecular complexity index is 1380. The summed E-state index contributed by atoms with van der Waals surface area (Å²) in [4.78, 5) is 17.8. The van der Waals surface area contributed by atoms with Gasteiger partial charge in [0.05, 0.1) is 24.4 Å². The SMILES string of the molecule is CCOC1=CC(F)(CN2CCC(Nc3nc4cc(C(=O)O)ccc4o3)CC2)CC(OCC)=C1c1ccccc1. The van der Waals surface area contributed by atoms with E-state index < -0.39 is 11.6 Å². The summed E-state index contributed by atoms with van der Waals surface area (Å²) in [7, 11) is 0. The van der Waals surface area contributed by atoms with Crippen molar-refractivity contribution in [2.75, 3.05) is 38.2 Å². The molecule has 39 heavy (non-hydrogen) atoms. The first-order valence-electron chi connectivity index (χ1n) is 13.5. The van der Waals surface area contributed by atoms with Crippen LogP contribution in [0, 0.1) is 0 Å². The Kier molecular flexibility index (Phi) is 7.88. The van der Waals surface area contributed by atoms with Gasteiger partial charge in [-0.15, -0.1) is 0 Å². The molecule has 1 aliphatic carbocycles. The molecule has 206 valence electrons. The number of nitrogens with one attached hydrogen (secondary N) is 1. The van der Waals surface area contributed by atoms with Gasteiger partial charge in [-0.3, -0.25) is 4.90 Å². The van der Waals surface area contributed by atoms with Crippen LogP contribution in [0.5, 0.6) is 0 Å². The first-order valence-corrected chi connectivity index (χ1v) is 13.5. The second kappa shape index (κ2) is 11.5. The van der Waals surface area contributed by atoms with Gasteiger partial charge < -0.3 is 24.3 Å². The van der Waals surface area contributed by atoms with Crippen LogP contribution in [0.4, 0.5) is 10.4 Å². The molecule has 0 saturated carbocycles. The van der Waals surface area contributed by atoms with Crippen LogP contribution in [0.2, 0.25) is 0 Å². The third-order valence-corrected chi connectivity index (χ3v) is 7.09. The van der Waals surface area contributed by atoms with E-state index in [1.807, 2.05) is 44.2 Å². The number of halogens is 1. The molecule has 8 nitrogen and oxygen atoms in total. The highest BCUT2D eigenvalue weighted by molar-refractivity contribution is 5.92. The zero-order valence-electron chi connectivity index (χ0n) is 22.3. The molecule has 0 radical (unpaired) electrons. The number of carboxylic acid groups (broad SMARTS) is 1. The standard InChI is InChI=1S/C30H34FN3O5/c1-3-37-25-17-30(31,18-26(38-4-2)27(25)20-8-6-5-7-9-20)19-34-14-12-22(13-15-34)32-29-33-23-16-21(28(35)36)10-11-24(23)39-29/h5-11,16-17,22H,3-4,12-15,18-19H2,1-2H3,(H,32,33)(H,35,36). The molecular weight excluding hydrogens is 501 g/mol. The van der Waals surface area contributed by atoms with Crippen LogP contribution in [0.1, 0.15) is 49.0 Å². The minimum absolute atomic E-state index is 0.119. The van der Waals surface area contributed by atoms with E-state index in [0.717, 1.165) is 24.0 Å². The Balaban J connectivity index is 1.24. The Morgan fingerprint density at radius 3 is 2.59 bits per heavy atom. The van der Waals surface area contributed by atoms with Crippen LogP contribution in [0.15, 0.2) is 70.5 Å². The molecule has 1 saturated heterocycles. The number of aromatic carboxylic acids is 1. The molecule has 3 aromatic rings. The van der Waals surface area contributed by atoms with E-state index in [1.54, 1.807) is 12.1 Å². The molecule has 2 aliphatic rings. The number of rotatable bonds is 10. The van der Waals surface area contributed by atoms with Crippen LogP contribution in [-0.2, 0) is 9.47 Å². The van der Waals surface area contributed by atoms with Gasteiger partial charge in [-0.1, -0.05) is 30.3 Å². The minimum Gasteiger partial charge on any atom is -0.497 e. The number of aromatic nitrogens is 1. The first-order chi connectivity index (χ1) is 18.9. The second-order valence-corrected chi connectivity index (χ2v) is 9.95. The molecule has 0 bridgehead atoms. The fourth-order valence-electron chi connectivity index (χ4n) is 5.33. The zero-order valence-corrected chi connectivity index (χ0v) is 22.3. The highest BCUT2D eigenvalue weighted by atomic mass is 19.1. The highest BCUT2D eigenvalue weighted by Gasteiger charge is 2.39. The van der Waals surface area contributed by atoms with Crippen molar-refractivity contribution in [2.24, 2.45) is 0 Å². The summed E-state index contributed by atoms with van der Waals surface area (Å²) >= 11 is 0. The fraction of sp³-hybridized carbons (Fsp3) is 0.400. The lowest BCUT2D eigenvalue weighted by Gasteiger charge is -2.38. The number of fused-ring (bicyclic) bond motifs is 1. The number of anilines is 1. The molecule has 1 aromatic heterocycles. The molecule has 1 unspecified atom stereocenters. The molecule has 2 aromatic carbocycles. The third-order valence-electron chi connectivity index (χ3n) is 7.09. The van der Waals surface area contributed by atoms with Crippen molar-refractivity contribution in [1.82, 2.24) is 9.88 Å². The Hall–Kier alpha value is -3.85. The van der Waals surface area contributed by atoms with Crippen LogP contribution < -0.4 is 5.32 Å². The molecule has 1 aliphatic heterocycles. The maximum atomic E-state index is 16.4. The number of allylic oxidation sites excluding steroid dienone is 2. The predicted octanol–water partition coefficient (Wildman–Crippen LogP) is 5.88. The summed E-state index contributed by atoms with van der Waals surface area (Å²) in [5.74, 6) is 0.143. The van der Waals surface area contributed by atoms with E-state index in [-0.39, 0.29) is 24.6 Å². The van der Waals surface area contributed by atoms with Crippen molar-refractivity contribution < 1.29 is 28.2 Å². The van der Waals surface area contributed by atoms with Gasteiger partial charge in [-0.2, -0.15) is 4.98 Å². The average molecular weight is 536 g/mol. The van der Waals surface area contributed by atoms with Gasteiger partial charge in [0, 0.05) is 32.1 Å². The summed E-state index contributed by atoms with van der Waals surface area (Å²) < 4.78 is 34.1. The quantitative estimate of drug-likeness (QED) is 0.332. The van der Waals surface area contributed by atoms with Crippen molar-refractivity contribution >= 4 is 28.7 Å². The summed E-state index contributed by atoms with van der Waals surface area (Å²) in [6.45, 7) is 6.36. The van der Waals surface area contributed by atoms with Gasteiger partial charge in [0.2, 0.25) is 0 Å². The summed E-state index contributed by atoms with van der Waals surface area (Å²) in [5.41, 5.74) is 1.35. The normalized spacial score (nSPS) is 20.6. The number of hydrogen-bond donors (Lipinski definition) is 2. The second-order valence-electron chi connectivity index (χ2n) is 9.95. The minimum atomic E-state index is -1.62. The number of ether oxygens (including phenoxy) is 2. The third kappa shape index (κ3) is 6.09. The van der Waals surface area contributed by atoms with E-state index in [1.165, 1.54) is 12.1 Å². The van der Waals surface area contributed by atoms with Gasteiger partial charge in [0.1, 0.15) is 17.0 Å². The van der Waals surface area contributed by atoms with E-state index in [4.69, 9.17) is 13.9 Å². The molecule has 2 heterocycles. The number of hydrogen-bond acceptors (Lipinski definition) is 7. The van der Waals surface area contributed by atoms with E-state index in [0.29, 0.717) is 54.9 Å². The van der Waals surface area contributed by atoms with E-state index >= 15 is 4.39 Å². The summed E-state index contributed by atoms with van der Waals surface area (Å²) in [6, 6.07) is 14.9. The van der Waals surface area contributed by atoms with Crippen molar-refractivity contribution in [1.29, 1.82) is 0 Å². The Morgan fingerprint density at radius 2 is 1.90 bits per heavy atom. The Morgan fingerprint density at radius 1 is 1.15 bits per heavy atom. The van der Waals surface area contributed by atoms with Crippen molar-refractivity contribution in [3.05, 3.63) is 77.3 Å². The van der Waals surface area contributed by atoms with Crippen LogP contribution in [-0.4, -0.2) is 65.5 Å². The van der Waals surface area contributed by atoms with E-state index in [2.05, 4.69) is 15.2 Å². The monoisotopic (exact) mass is 535 g/mol. The maximum absolute atomic E-state index is 16.4. The van der Waals surface area contributed by atoms with Crippen LogP contribution in [0.25, 0.3) is 16.7 Å². The fourth-order valence-corrected chi connectivity index (χ4v) is 5.33. The van der Waals surface area contributed by atoms with Gasteiger partial charge in [-0.25, -0.2) is 9.18 Å². The average Bonchev–Trinajstić information content (AvgIpc) is 3.32.